The number of aromatic nitrogens is 1. The quantitative estimate of drug-likeness (QED) is 0.169. The highest BCUT2D eigenvalue weighted by Crippen LogP contribution is 2.47. The topological polar surface area (TPSA) is 11.4 Å². The number of hydrogen-bond acceptors (Lipinski definition) is 2. The molecule has 8 aromatic carbocycles. The van der Waals surface area contributed by atoms with Gasteiger partial charge in [-0.05, 0) is 126 Å². The SMILES string of the molecule is Cc1cc(C)c(-c2cc3c4c(c2)N(c2ccccc2)c2cc(-n5c6ccccc6c6ccccc65)ccc2B4c2ccccc2N3c2ccccc2)c(C)c1. The molecule has 0 saturated carbocycles. The van der Waals surface area contributed by atoms with E-state index in [1.807, 2.05) is 0 Å². The van der Waals surface area contributed by atoms with Crippen molar-refractivity contribution in [2.24, 2.45) is 0 Å². The summed E-state index contributed by atoms with van der Waals surface area (Å²) in [6.07, 6.45) is 0. The highest BCUT2D eigenvalue weighted by atomic mass is 15.2. The van der Waals surface area contributed by atoms with Crippen molar-refractivity contribution >= 4 is 79.0 Å². The van der Waals surface area contributed by atoms with Crippen molar-refractivity contribution in [1.29, 1.82) is 0 Å². The van der Waals surface area contributed by atoms with Crippen LogP contribution in [0.4, 0.5) is 34.1 Å². The predicted octanol–water partition coefficient (Wildman–Crippen LogP) is 11.5. The van der Waals surface area contributed by atoms with Gasteiger partial charge in [0.25, 0.3) is 6.71 Å². The molecule has 260 valence electrons. The Balaban J connectivity index is 1.26. The van der Waals surface area contributed by atoms with Crippen LogP contribution in [-0.2, 0) is 0 Å². The third-order valence-electron chi connectivity index (χ3n) is 11.8. The van der Waals surface area contributed by atoms with E-state index >= 15 is 0 Å². The van der Waals surface area contributed by atoms with Gasteiger partial charge in [-0.3, -0.25) is 0 Å². The summed E-state index contributed by atoms with van der Waals surface area (Å²) in [6.45, 7) is 6.75. The molecule has 3 heterocycles. The molecule has 0 aliphatic carbocycles. The average Bonchev–Trinajstić information content (AvgIpc) is 3.55. The molecule has 11 rings (SSSR count). The maximum atomic E-state index is 2.53. The maximum Gasteiger partial charge on any atom is 0.252 e. The van der Waals surface area contributed by atoms with Crippen LogP contribution in [0.25, 0.3) is 38.6 Å². The number of para-hydroxylation sites is 5. The molecule has 0 fully saturated rings. The van der Waals surface area contributed by atoms with Crippen LogP contribution in [0.15, 0.2) is 176 Å². The van der Waals surface area contributed by atoms with Crippen molar-refractivity contribution in [3.8, 4) is 16.8 Å². The Morgan fingerprint density at radius 3 is 1.53 bits per heavy atom. The second-order valence-corrected chi connectivity index (χ2v) is 15.1. The summed E-state index contributed by atoms with van der Waals surface area (Å²) in [6, 6.07) is 65.2. The molecule has 0 bridgehead atoms. The number of anilines is 6. The van der Waals surface area contributed by atoms with E-state index in [0.717, 1.165) is 17.1 Å². The summed E-state index contributed by atoms with van der Waals surface area (Å²) < 4.78 is 2.44. The molecule has 2 aliphatic rings. The van der Waals surface area contributed by atoms with Crippen molar-refractivity contribution < 1.29 is 0 Å². The van der Waals surface area contributed by atoms with Crippen molar-refractivity contribution in [3.05, 3.63) is 193 Å². The van der Waals surface area contributed by atoms with Gasteiger partial charge in [0.05, 0.1) is 11.0 Å². The largest absolute Gasteiger partial charge is 0.311 e. The van der Waals surface area contributed by atoms with Crippen LogP contribution in [0, 0.1) is 20.8 Å². The van der Waals surface area contributed by atoms with Crippen molar-refractivity contribution in [2.75, 3.05) is 9.80 Å². The van der Waals surface area contributed by atoms with E-state index in [2.05, 4.69) is 211 Å². The van der Waals surface area contributed by atoms with Gasteiger partial charge in [0, 0.05) is 50.6 Å². The molecule has 0 unspecified atom stereocenters. The fraction of sp³-hybridized carbons (Fsp3) is 0.0588. The maximum absolute atomic E-state index is 2.53. The number of benzene rings is 8. The molecule has 0 saturated heterocycles. The monoisotopic (exact) mass is 703 g/mol. The average molecular weight is 704 g/mol. The fourth-order valence-corrected chi connectivity index (χ4v) is 9.76. The Morgan fingerprint density at radius 2 is 0.909 bits per heavy atom. The summed E-state index contributed by atoms with van der Waals surface area (Å²) in [5.74, 6) is 0. The smallest absolute Gasteiger partial charge is 0.252 e. The van der Waals surface area contributed by atoms with E-state index in [9.17, 15) is 0 Å². The van der Waals surface area contributed by atoms with Crippen molar-refractivity contribution in [1.82, 2.24) is 4.57 Å². The Morgan fingerprint density at radius 1 is 0.400 bits per heavy atom. The van der Waals surface area contributed by atoms with Crippen molar-refractivity contribution in [2.45, 2.75) is 20.8 Å². The van der Waals surface area contributed by atoms with E-state index < -0.39 is 0 Å². The normalized spacial score (nSPS) is 12.9. The zero-order valence-electron chi connectivity index (χ0n) is 31.2. The van der Waals surface area contributed by atoms with Crippen LogP contribution >= 0.6 is 0 Å². The molecule has 0 atom stereocenters. The third-order valence-corrected chi connectivity index (χ3v) is 11.8. The van der Waals surface area contributed by atoms with Gasteiger partial charge >= 0.3 is 0 Å². The highest BCUT2D eigenvalue weighted by molar-refractivity contribution is 7.00. The molecule has 1 aromatic heterocycles. The van der Waals surface area contributed by atoms with Gasteiger partial charge in [-0.25, -0.2) is 0 Å². The lowest BCUT2D eigenvalue weighted by Gasteiger charge is -2.44. The van der Waals surface area contributed by atoms with Gasteiger partial charge in [0.15, 0.2) is 0 Å². The van der Waals surface area contributed by atoms with E-state index in [-0.39, 0.29) is 6.71 Å². The van der Waals surface area contributed by atoms with Gasteiger partial charge in [-0.1, -0.05) is 115 Å². The fourth-order valence-electron chi connectivity index (χ4n) is 9.76. The molecule has 0 spiro atoms. The number of fused-ring (bicyclic) bond motifs is 7. The molecule has 2 aliphatic heterocycles. The Kier molecular flexibility index (Phi) is 6.99. The van der Waals surface area contributed by atoms with Crippen LogP contribution < -0.4 is 26.2 Å². The van der Waals surface area contributed by atoms with E-state index in [1.54, 1.807) is 0 Å². The Bertz CT molecular complexity index is 2910. The molecule has 55 heavy (non-hydrogen) atoms. The van der Waals surface area contributed by atoms with Crippen LogP contribution in [-0.4, -0.2) is 11.3 Å². The van der Waals surface area contributed by atoms with Crippen LogP contribution in [0.2, 0.25) is 0 Å². The molecule has 0 N–H and O–H groups in total. The number of nitrogens with zero attached hydrogens (tertiary/aromatic N) is 3. The molecular formula is C51H38BN3. The van der Waals surface area contributed by atoms with Crippen LogP contribution in [0.1, 0.15) is 16.7 Å². The number of hydrogen-bond donors (Lipinski definition) is 0. The van der Waals surface area contributed by atoms with E-state index in [0.29, 0.717) is 0 Å². The summed E-state index contributed by atoms with van der Waals surface area (Å²) in [5.41, 5.74) is 21.1. The number of aryl methyl sites for hydroxylation is 3. The summed E-state index contributed by atoms with van der Waals surface area (Å²) in [7, 11) is 0. The molecule has 3 nitrogen and oxygen atoms in total. The lowest BCUT2D eigenvalue weighted by atomic mass is 9.33. The summed E-state index contributed by atoms with van der Waals surface area (Å²) >= 11 is 0. The second kappa shape index (κ2) is 12.1. The predicted molar refractivity (Wildman–Crippen MR) is 234 cm³/mol. The van der Waals surface area contributed by atoms with E-state index in [4.69, 9.17) is 0 Å². The second-order valence-electron chi connectivity index (χ2n) is 15.1. The van der Waals surface area contributed by atoms with Crippen molar-refractivity contribution in [3.63, 3.8) is 0 Å². The molecule has 4 heteroatoms. The number of rotatable bonds is 4. The van der Waals surface area contributed by atoms with Gasteiger partial charge in [-0.2, -0.15) is 0 Å². The molecule has 0 radical (unpaired) electrons. The first-order chi connectivity index (χ1) is 27.0. The minimum Gasteiger partial charge on any atom is -0.311 e. The highest BCUT2D eigenvalue weighted by Gasteiger charge is 2.43. The standard InChI is InChI=1S/C51H38BN3/c1-33-28-34(2)50(35(3)29-33)36-30-48-51-49(31-36)54(38-18-8-5-9-19-38)47-32-39(55-44-23-13-10-20-40(44)41-21-11-14-24-45(41)55)26-27-43(47)52(51)42-22-12-15-25-46(42)53(48)37-16-6-4-7-17-37/h4-32H,1-3H3. The Hall–Kier alpha value is -6.78. The van der Waals surface area contributed by atoms with E-state index in [1.165, 1.54) is 88.8 Å². The van der Waals surface area contributed by atoms with Crippen LogP contribution in [0.5, 0.6) is 0 Å². The first-order valence-electron chi connectivity index (χ1n) is 19.2. The zero-order chi connectivity index (χ0) is 36.8. The molecular weight excluding hydrogens is 665 g/mol. The summed E-state index contributed by atoms with van der Waals surface area (Å²) in [4.78, 5) is 5.02. The minimum atomic E-state index is 0.0394. The van der Waals surface area contributed by atoms with Gasteiger partial charge in [0.1, 0.15) is 0 Å². The summed E-state index contributed by atoms with van der Waals surface area (Å²) in [5, 5.41) is 2.53. The minimum absolute atomic E-state index is 0.0394. The van der Waals surface area contributed by atoms with Gasteiger partial charge in [0.2, 0.25) is 0 Å². The third kappa shape index (κ3) is 4.71. The lowest BCUT2D eigenvalue weighted by molar-refractivity contribution is 1.17. The first-order valence-corrected chi connectivity index (χ1v) is 19.2. The first kappa shape index (κ1) is 31.7. The van der Waals surface area contributed by atoms with Crippen LogP contribution in [0.3, 0.4) is 0 Å². The molecule has 9 aromatic rings. The molecule has 0 amide bonds. The Labute approximate surface area is 322 Å². The lowest BCUT2D eigenvalue weighted by Crippen LogP contribution is -2.61. The van der Waals surface area contributed by atoms with Gasteiger partial charge in [-0.15, -0.1) is 0 Å². The zero-order valence-corrected chi connectivity index (χ0v) is 31.2. The van der Waals surface area contributed by atoms with Gasteiger partial charge < -0.3 is 14.4 Å².